The Morgan fingerprint density at radius 3 is 2.76 bits per heavy atom. The van der Waals surface area contributed by atoms with Crippen LogP contribution in [0, 0.1) is 5.92 Å². The lowest BCUT2D eigenvalue weighted by molar-refractivity contribution is -0.144. The standard InChI is InChI=1S/C13H26N2O2/c1-4-7-14-13(3,12(16)17)6-9-15-8-5-11(2)10-15/h11,14H,4-10H2,1-3H3,(H,16,17). The quantitative estimate of drug-likeness (QED) is 0.711. The van der Waals surface area contributed by atoms with E-state index in [4.69, 9.17) is 0 Å². The molecule has 0 bridgehead atoms. The number of nitrogens with zero attached hydrogens (tertiary/aromatic N) is 1. The molecule has 1 fully saturated rings. The van der Waals surface area contributed by atoms with Crippen molar-refractivity contribution in [3.05, 3.63) is 0 Å². The van der Waals surface area contributed by atoms with Gasteiger partial charge in [0.05, 0.1) is 0 Å². The van der Waals surface area contributed by atoms with Gasteiger partial charge in [-0.15, -0.1) is 0 Å². The molecule has 1 heterocycles. The smallest absolute Gasteiger partial charge is 0.323 e. The summed E-state index contributed by atoms with van der Waals surface area (Å²) in [4.78, 5) is 13.7. The minimum atomic E-state index is -0.776. The third kappa shape index (κ3) is 4.28. The van der Waals surface area contributed by atoms with Gasteiger partial charge in [-0.3, -0.25) is 4.79 Å². The van der Waals surface area contributed by atoms with Crippen molar-refractivity contribution in [1.29, 1.82) is 0 Å². The van der Waals surface area contributed by atoms with Gasteiger partial charge >= 0.3 is 5.97 Å². The Hall–Kier alpha value is -0.610. The molecular formula is C13H26N2O2. The Labute approximate surface area is 104 Å². The molecule has 0 spiro atoms. The third-order valence-electron chi connectivity index (χ3n) is 3.67. The summed E-state index contributed by atoms with van der Waals surface area (Å²) in [5.74, 6) is 0.0212. The first kappa shape index (κ1) is 14.5. The van der Waals surface area contributed by atoms with Gasteiger partial charge in [0.2, 0.25) is 0 Å². The monoisotopic (exact) mass is 242 g/mol. The largest absolute Gasteiger partial charge is 0.480 e. The SMILES string of the molecule is CCCNC(C)(CCN1CCC(C)C1)C(=O)O. The summed E-state index contributed by atoms with van der Waals surface area (Å²) in [7, 11) is 0. The summed E-state index contributed by atoms with van der Waals surface area (Å²) in [6.07, 6.45) is 2.88. The van der Waals surface area contributed by atoms with Gasteiger partial charge in [0, 0.05) is 13.1 Å². The van der Waals surface area contributed by atoms with E-state index >= 15 is 0 Å². The number of rotatable bonds is 7. The van der Waals surface area contributed by atoms with Crippen LogP contribution in [-0.2, 0) is 4.79 Å². The summed E-state index contributed by atoms with van der Waals surface area (Å²) >= 11 is 0. The van der Waals surface area contributed by atoms with Crippen molar-refractivity contribution in [3.63, 3.8) is 0 Å². The molecule has 1 aliphatic rings. The number of carboxylic acids is 1. The van der Waals surface area contributed by atoms with Crippen LogP contribution < -0.4 is 5.32 Å². The average Bonchev–Trinajstić information content (AvgIpc) is 2.69. The highest BCUT2D eigenvalue weighted by Crippen LogP contribution is 2.18. The second-order valence-electron chi connectivity index (χ2n) is 5.51. The summed E-state index contributed by atoms with van der Waals surface area (Å²) in [6, 6.07) is 0. The lowest BCUT2D eigenvalue weighted by Gasteiger charge is -2.28. The number of nitrogens with one attached hydrogen (secondary N) is 1. The Balaban J connectivity index is 2.41. The summed E-state index contributed by atoms with van der Waals surface area (Å²) in [6.45, 7) is 9.98. The molecule has 1 saturated heterocycles. The van der Waals surface area contributed by atoms with Crippen LogP contribution in [0.4, 0.5) is 0 Å². The molecule has 4 nitrogen and oxygen atoms in total. The maximum atomic E-state index is 11.3. The summed E-state index contributed by atoms with van der Waals surface area (Å²) < 4.78 is 0. The van der Waals surface area contributed by atoms with Crippen LogP contribution in [0.1, 0.15) is 40.0 Å². The van der Waals surface area contributed by atoms with Crippen molar-refractivity contribution in [2.75, 3.05) is 26.2 Å². The Kier molecular flexibility index (Phi) is 5.40. The van der Waals surface area contributed by atoms with Gasteiger partial charge in [-0.05, 0) is 45.2 Å². The fraction of sp³-hybridized carbons (Fsp3) is 0.923. The molecule has 0 aliphatic carbocycles. The molecule has 0 aromatic heterocycles. The van der Waals surface area contributed by atoms with Gasteiger partial charge in [0.25, 0.3) is 0 Å². The van der Waals surface area contributed by atoms with E-state index in [2.05, 4.69) is 24.1 Å². The van der Waals surface area contributed by atoms with Gasteiger partial charge in [0.15, 0.2) is 0 Å². The molecule has 2 unspecified atom stereocenters. The average molecular weight is 242 g/mol. The summed E-state index contributed by atoms with van der Waals surface area (Å²) in [5.41, 5.74) is -0.776. The zero-order valence-electron chi connectivity index (χ0n) is 11.3. The molecule has 100 valence electrons. The molecule has 1 rings (SSSR count). The Bertz CT molecular complexity index is 258. The molecule has 0 amide bonds. The van der Waals surface area contributed by atoms with Crippen LogP contribution >= 0.6 is 0 Å². The van der Waals surface area contributed by atoms with Gasteiger partial charge in [0.1, 0.15) is 5.54 Å². The second-order valence-corrected chi connectivity index (χ2v) is 5.51. The molecule has 0 saturated carbocycles. The van der Waals surface area contributed by atoms with Crippen molar-refractivity contribution in [2.45, 2.75) is 45.6 Å². The predicted molar refractivity (Wildman–Crippen MR) is 69.2 cm³/mol. The van der Waals surface area contributed by atoms with E-state index in [0.717, 1.165) is 38.5 Å². The lowest BCUT2D eigenvalue weighted by atomic mass is 9.97. The molecule has 0 aromatic rings. The van der Waals surface area contributed by atoms with Gasteiger partial charge in [-0.1, -0.05) is 13.8 Å². The van der Waals surface area contributed by atoms with Crippen molar-refractivity contribution in [1.82, 2.24) is 10.2 Å². The van der Waals surface area contributed by atoms with Gasteiger partial charge in [-0.25, -0.2) is 0 Å². The van der Waals surface area contributed by atoms with E-state index in [1.807, 2.05) is 0 Å². The molecule has 2 atom stereocenters. The molecule has 4 heteroatoms. The molecule has 17 heavy (non-hydrogen) atoms. The maximum absolute atomic E-state index is 11.3. The van der Waals surface area contributed by atoms with E-state index in [-0.39, 0.29) is 0 Å². The highest BCUT2D eigenvalue weighted by atomic mass is 16.4. The molecule has 0 aromatic carbocycles. The third-order valence-corrected chi connectivity index (χ3v) is 3.67. The van der Waals surface area contributed by atoms with Gasteiger partial charge < -0.3 is 15.3 Å². The first-order valence-electron chi connectivity index (χ1n) is 6.68. The predicted octanol–water partition coefficient (Wildman–Crippen LogP) is 1.56. The Morgan fingerprint density at radius 2 is 2.29 bits per heavy atom. The van der Waals surface area contributed by atoms with Crippen molar-refractivity contribution in [3.8, 4) is 0 Å². The zero-order valence-corrected chi connectivity index (χ0v) is 11.3. The first-order valence-corrected chi connectivity index (χ1v) is 6.68. The number of carboxylic acid groups (broad SMARTS) is 1. The lowest BCUT2D eigenvalue weighted by Crippen LogP contribution is -2.51. The van der Waals surface area contributed by atoms with Crippen LogP contribution in [0.15, 0.2) is 0 Å². The normalized spacial score (nSPS) is 24.8. The molecule has 0 radical (unpaired) electrons. The minimum Gasteiger partial charge on any atom is -0.480 e. The van der Waals surface area contributed by atoms with E-state index in [1.54, 1.807) is 6.92 Å². The number of hydrogen-bond donors (Lipinski definition) is 2. The van der Waals surface area contributed by atoms with Crippen LogP contribution in [-0.4, -0.2) is 47.7 Å². The molecule has 1 aliphatic heterocycles. The van der Waals surface area contributed by atoms with Crippen LogP contribution in [0.5, 0.6) is 0 Å². The number of hydrogen-bond acceptors (Lipinski definition) is 3. The molecule has 2 N–H and O–H groups in total. The Morgan fingerprint density at radius 1 is 1.59 bits per heavy atom. The van der Waals surface area contributed by atoms with E-state index in [9.17, 15) is 9.90 Å². The van der Waals surface area contributed by atoms with E-state index in [0.29, 0.717) is 6.42 Å². The van der Waals surface area contributed by atoms with Crippen molar-refractivity contribution in [2.24, 2.45) is 5.92 Å². The molecular weight excluding hydrogens is 216 g/mol. The topological polar surface area (TPSA) is 52.6 Å². The van der Waals surface area contributed by atoms with Gasteiger partial charge in [-0.2, -0.15) is 0 Å². The van der Waals surface area contributed by atoms with E-state index < -0.39 is 11.5 Å². The highest BCUT2D eigenvalue weighted by Gasteiger charge is 2.33. The van der Waals surface area contributed by atoms with E-state index in [1.165, 1.54) is 6.42 Å². The van der Waals surface area contributed by atoms with Crippen molar-refractivity contribution < 1.29 is 9.90 Å². The fourth-order valence-corrected chi connectivity index (χ4v) is 2.28. The van der Waals surface area contributed by atoms with Crippen LogP contribution in [0.3, 0.4) is 0 Å². The second kappa shape index (κ2) is 6.36. The first-order chi connectivity index (χ1) is 7.98. The highest BCUT2D eigenvalue weighted by molar-refractivity contribution is 5.78. The number of carbonyl (C=O) groups is 1. The fourth-order valence-electron chi connectivity index (χ4n) is 2.28. The summed E-state index contributed by atoms with van der Waals surface area (Å²) in [5, 5.41) is 12.5. The maximum Gasteiger partial charge on any atom is 0.323 e. The number of likely N-dealkylation sites (tertiary alicyclic amines) is 1. The zero-order chi connectivity index (χ0) is 12.9. The number of aliphatic carboxylic acids is 1. The minimum absolute atomic E-state index is 0.676. The van der Waals surface area contributed by atoms with Crippen LogP contribution in [0.25, 0.3) is 0 Å². The van der Waals surface area contributed by atoms with Crippen molar-refractivity contribution >= 4 is 5.97 Å². The van der Waals surface area contributed by atoms with Crippen LogP contribution in [0.2, 0.25) is 0 Å².